The van der Waals surface area contributed by atoms with Crippen molar-refractivity contribution in [3.8, 4) is 5.88 Å². The number of carbonyl (C=O) groups excluding carboxylic acids is 1. The highest BCUT2D eigenvalue weighted by atomic mass is 16.6. The Morgan fingerprint density at radius 1 is 1.61 bits per heavy atom. The molecular formula is C11H15N3O4. The van der Waals surface area contributed by atoms with Gasteiger partial charge in [0, 0.05) is 12.6 Å². The molecule has 1 heterocycles. The fourth-order valence-corrected chi connectivity index (χ4v) is 1.34. The number of ether oxygens (including phenoxy) is 1. The number of hydrogen-bond donors (Lipinski definition) is 1. The van der Waals surface area contributed by atoms with Gasteiger partial charge in [-0.25, -0.2) is 4.98 Å². The van der Waals surface area contributed by atoms with Crippen LogP contribution < -0.4 is 10.1 Å². The topological polar surface area (TPSA) is 94.4 Å². The third-order valence-electron chi connectivity index (χ3n) is 2.30. The summed E-state index contributed by atoms with van der Waals surface area (Å²) in [7, 11) is 1.36. The molecule has 98 valence electrons. The third-order valence-corrected chi connectivity index (χ3v) is 2.30. The van der Waals surface area contributed by atoms with Gasteiger partial charge in [-0.15, -0.1) is 0 Å². The Balaban J connectivity index is 2.93. The number of pyridine rings is 1. The Labute approximate surface area is 104 Å². The minimum atomic E-state index is -0.602. The second kappa shape index (κ2) is 6.53. The van der Waals surface area contributed by atoms with Crippen molar-refractivity contribution in [2.75, 3.05) is 13.7 Å². The van der Waals surface area contributed by atoms with Crippen LogP contribution >= 0.6 is 0 Å². The predicted molar refractivity (Wildman–Crippen MR) is 64.7 cm³/mol. The Morgan fingerprint density at radius 2 is 2.33 bits per heavy atom. The zero-order chi connectivity index (χ0) is 13.5. The number of hydrogen-bond acceptors (Lipinski definition) is 5. The summed E-state index contributed by atoms with van der Waals surface area (Å²) >= 11 is 0. The van der Waals surface area contributed by atoms with Gasteiger partial charge in [0.2, 0.25) is 5.88 Å². The maximum Gasteiger partial charge on any atom is 0.288 e. The van der Waals surface area contributed by atoms with E-state index in [0.717, 1.165) is 25.1 Å². The second-order valence-corrected chi connectivity index (χ2v) is 3.62. The summed E-state index contributed by atoms with van der Waals surface area (Å²) in [5, 5.41) is 13.3. The molecule has 0 radical (unpaired) electrons. The Hall–Kier alpha value is -2.18. The van der Waals surface area contributed by atoms with Crippen molar-refractivity contribution in [1.29, 1.82) is 0 Å². The van der Waals surface area contributed by atoms with E-state index in [-0.39, 0.29) is 17.1 Å². The molecule has 1 aromatic rings. The largest absolute Gasteiger partial charge is 0.480 e. The summed E-state index contributed by atoms with van der Waals surface area (Å²) in [4.78, 5) is 25.6. The number of carbonyl (C=O) groups is 1. The van der Waals surface area contributed by atoms with Gasteiger partial charge in [0.25, 0.3) is 11.6 Å². The normalized spacial score (nSPS) is 9.89. The highest BCUT2D eigenvalue weighted by molar-refractivity contribution is 5.96. The number of rotatable bonds is 6. The first-order valence-electron chi connectivity index (χ1n) is 5.56. The van der Waals surface area contributed by atoms with E-state index >= 15 is 0 Å². The molecule has 0 spiro atoms. The van der Waals surface area contributed by atoms with E-state index < -0.39 is 10.8 Å². The minimum absolute atomic E-state index is 0.0720. The number of nitro groups is 1. The van der Waals surface area contributed by atoms with Gasteiger partial charge in [0.15, 0.2) is 0 Å². The number of nitrogens with zero attached hydrogens (tertiary/aromatic N) is 2. The Morgan fingerprint density at radius 3 is 2.89 bits per heavy atom. The van der Waals surface area contributed by atoms with Crippen LogP contribution in [0.25, 0.3) is 0 Å². The number of unbranched alkanes of at least 4 members (excludes halogenated alkanes) is 1. The molecule has 1 amide bonds. The van der Waals surface area contributed by atoms with Crippen LogP contribution in [0, 0.1) is 10.1 Å². The summed E-state index contributed by atoms with van der Waals surface area (Å²) in [5.41, 5.74) is -0.167. The molecule has 0 aromatic carbocycles. The first-order valence-corrected chi connectivity index (χ1v) is 5.56. The molecule has 1 N–H and O–H groups in total. The average Bonchev–Trinajstić information content (AvgIpc) is 2.38. The van der Waals surface area contributed by atoms with Gasteiger partial charge in [-0.05, 0) is 6.42 Å². The Kier molecular flexibility index (Phi) is 5.04. The molecule has 1 rings (SSSR count). The third kappa shape index (κ3) is 3.41. The number of amides is 1. The fourth-order valence-electron chi connectivity index (χ4n) is 1.34. The van der Waals surface area contributed by atoms with Gasteiger partial charge in [-0.3, -0.25) is 14.9 Å². The lowest BCUT2D eigenvalue weighted by molar-refractivity contribution is -0.385. The first kappa shape index (κ1) is 13.9. The second-order valence-electron chi connectivity index (χ2n) is 3.62. The zero-order valence-corrected chi connectivity index (χ0v) is 10.3. The van der Waals surface area contributed by atoms with Crippen LogP contribution in [0.15, 0.2) is 12.3 Å². The molecule has 0 unspecified atom stereocenters. The van der Waals surface area contributed by atoms with Crippen molar-refractivity contribution in [3.63, 3.8) is 0 Å². The number of aromatic nitrogens is 1. The van der Waals surface area contributed by atoms with Crippen LogP contribution in [0.5, 0.6) is 5.88 Å². The lowest BCUT2D eigenvalue weighted by Crippen LogP contribution is -2.25. The summed E-state index contributed by atoms with van der Waals surface area (Å²) < 4.78 is 4.91. The highest BCUT2D eigenvalue weighted by Gasteiger charge is 2.18. The first-order chi connectivity index (χ1) is 8.60. The van der Waals surface area contributed by atoms with Crippen molar-refractivity contribution >= 4 is 11.6 Å². The van der Waals surface area contributed by atoms with Crippen molar-refractivity contribution in [1.82, 2.24) is 10.3 Å². The molecule has 7 heteroatoms. The molecule has 0 aliphatic rings. The van der Waals surface area contributed by atoms with E-state index in [1.165, 1.54) is 7.11 Å². The van der Waals surface area contributed by atoms with Crippen molar-refractivity contribution in [2.24, 2.45) is 0 Å². The van der Waals surface area contributed by atoms with Crippen molar-refractivity contribution in [3.05, 3.63) is 27.9 Å². The van der Waals surface area contributed by atoms with E-state index in [1.54, 1.807) is 0 Å². The van der Waals surface area contributed by atoms with Gasteiger partial charge in [0.05, 0.1) is 12.0 Å². The van der Waals surface area contributed by atoms with Gasteiger partial charge in [-0.2, -0.15) is 0 Å². The lowest BCUT2D eigenvalue weighted by Gasteiger charge is -2.07. The van der Waals surface area contributed by atoms with Gasteiger partial charge >= 0.3 is 0 Å². The smallest absolute Gasteiger partial charge is 0.288 e. The lowest BCUT2D eigenvalue weighted by atomic mass is 10.2. The Bertz CT molecular complexity index is 448. The van der Waals surface area contributed by atoms with Crippen LogP contribution in [0.2, 0.25) is 0 Å². The molecule has 0 aliphatic heterocycles. The van der Waals surface area contributed by atoms with E-state index in [2.05, 4.69) is 10.3 Å². The molecule has 1 aromatic heterocycles. The molecular weight excluding hydrogens is 238 g/mol. The quantitative estimate of drug-likeness (QED) is 0.471. The summed E-state index contributed by atoms with van der Waals surface area (Å²) in [6.07, 6.45) is 2.85. The van der Waals surface area contributed by atoms with E-state index in [4.69, 9.17) is 4.74 Å². The van der Waals surface area contributed by atoms with Crippen molar-refractivity contribution < 1.29 is 14.5 Å². The van der Waals surface area contributed by atoms with E-state index in [1.807, 2.05) is 6.92 Å². The van der Waals surface area contributed by atoms with Gasteiger partial charge in [0.1, 0.15) is 11.8 Å². The molecule has 0 aliphatic carbocycles. The van der Waals surface area contributed by atoms with Crippen LogP contribution in [-0.4, -0.2) is 29.5 Å². The predicted octanol–water partition coefficient (Wildman–Crippen LogP) is 1.53. The van der Waals surface area contributed by atoms with Crippen LogP contribution in [0.4, 0.5) is 5.69 Å². The maximum atomic E-state index is 11.8. The number of nitrogens with one attached hydrogen (secondary N) is 1. The van der Waals surface area contributed by atoms with Crippen molar-refractivity contribution in [2.45, 2.75) is 19.8 Å². The zero-order valence-electron chi connectivity index (χ0n) is 10.3. The molecule has 0 fully saturated rings. The fraction of sp³-hybridized carbons (Fsp3) is 0.455. The monoisotopic (exact) mass is 253 g/mol. The van der Waals surface area contributed by atoms with E-state index in [9.17, 15) is 14.9 Å². The highest BCUT2D eigenvalue weighted by Crippen LogP contribution is 2.20. The van der Waals surface area contributed by atoms with Crippen LogP contribution in [0.3, 0.4) is 0 Å². The van der Waals surface area contributed by atoms with Gasteiger partial charge in [-0.1, -0.05) is 13.3 Å². The molecule has 0 saturated heterocycles. The molecule has 0 saturated carbocycles. The number of methoxy groups -OCH3 is 1. The minimum Gasteiger partial charge on any atom is -0.480 e. The molecule has 0 atom stereocenters. The maximum absolute atomic E-state index is 11.8. The standard InChI is InChI=1S/C11H15N3O4/c1-3-4-5-12-10(15)9-6-8(14(16)17)7-13-11(9)18-2/h6-7H,3-5H2,1-2H3,(H,12,15). The SMILES string of the molecule is CCCCNC(=O)c1cc([N+](=O)[O-])cnc1OC. The average molecular weight is 253 g/mol. The van der Waals surface area contributed by atoms with Crippen LogP contribution in [-0.2, 0) is 0 Å². The summed E-state index contributed by atoms with van der Waals surface area (Å²) in [5.74, 6) is -0.342. The molecule has 0 bridgehead atoms. The van der Waals surface area contributed by atoms with Crippen LogP contribution in [0.1, 0.15) is 30.1 Å². The molecule has 18 heavy (non-hydrogen) atoms. The van der Waals surface area contributed by atoms with Gasteiger partial charge < -0.3 is 10.1 Å². The summed E-state index contributed by atoms with van der Waals surface area (Å²) in [6, 6.07) is 1.16. The molecule has 7 nitrogen and oxygen atoms in total. The van der Waals surface area contributed by atoms with E-state index in [0.29, 0.717) is 6.54 Å². The summed E-state index contributed by atoms with van der Waals surface area (Å²) in [6.45, 7) is 2.52.